The minimum absolute atomic E-state index is 0.321. The first-order valence-electron chi connectivity index (χ1n) is 6.91. The third-order valence-corrected chi connectivity index (χ3v) is 8.64. The van der Waals surface area contributed by atoms with Gasteiger partial charge in [0, 0.05) is 0 Å². The summed E-state index contributed by atoms with van der Waals surface area (Å²) in [6, 6.07) is 3.57. The SMILES string of the molecule is O=c1oc2c(sc3c4oc(=O)c5ccsc5c4sc23)c2sccc12. The molecule has 0 saturated heterocycles. The summed E-state index contributed by atoms with van der Waals surface area (Å²) in [5.41, 5.74) is 0.560. The van der Waals surface area contributed by atoms with E-state index in [2.05, 4.69) is 0 Å². The Balaban J connectivity index is 1.95. The van der Waals surface area contributed by atoms with Crippen LogP contribution in [-0.2, 0) is 0 Å². The monoisotopic (exact) mass is 388 g/mol. The normalized spacial score (nSPS) is 12.5. The van der Waals surface area contributed by atoms with Crippen molar-refractivity contribution in [3.63, 3.8) is 0 Å². The molecule has 116 valence electrons. The van der Waals surface area contributed by atoms with Gasteiger partial charge in [0.25, 0.3) is 0 Å². The van der Waals surface area contributed by atoms with E-state index in [0.717, 1.165) is 28.2 Å². The zero-order chi connectivity index (χ0) is 16.0. The number of hydrogen-bond acceptors (Lipinski definition) is 8. The minimum atomic E-state index is -0.321. The van der Waals surface area contributed by atoms with Crippen LogP contribution >= 0.6 is 45.3 Å². The fourth-order valence-corrected chi connectivity index (χ4v) is 7.65. The molecule has 0 unspecified atom stereocenters. The Morgan fingerprint density at radius 1 is 0.625 bits per heavy atom. The largest absolute Gasteiger partial charge is 0.420 e. The molecule has 6 aromatic rings. The van der Waals surface area contributed by atoms with Crippen molar-refractivity contribution in [2.24, 2.45) is 0 Å². The van der Waals surface area contributed by atoms with Crippen molar-refractivity contribution in [2.45, 2.75) is 0 Å². The molecule has 0 spiro atoms. The summed E-state index contributed by atoms with van der Waals surface area (Å²) in [6.45, 7) is 0. The lowest BCUT2D eigenvalue weighted by Crippen LogP contribution is -1.95. The van der Waals surface area contributed by atoms with E-state index in [0.29, 0.717) is 21.9 Å². The van der Waals surface area contributed by atoms with Gasteiger partial charge in [-0.2, -0.15) is 0 Å². The lowest BCUT2D eigenvalue weighted by Gasteiger charge is -1.92. The standard InChI is InChI=1S/C16H4O4S4/c17-15-5-1-3-21-9(5)11-7(19-15)13-14(23-11)8-12(24-13)10-6(2-4-22-10)16(18)20-8/h1-4H. The molecular formula is C16H4O4S4. The molecule has 0 aliphatic carbocycles. The van der Waals surface area contributed by atoms with Gasteiger partial charge in [-0.25, -0.2) is 9.59 Å². The highest BCUT2D eigenvalue weighted by Gasteiger charge is 2.22. The summed E-state index contributed by atoms with van der Waals surface area (Å²) in [5, 5.41) is 4.99. The topological polar surface area (TPSA) is 60.4 Å². The molecule has 0 atom stereocenters. The van der Waals surface area contributed by atoms with Crippen LogP contribution in [0.15, 0.2) is 41.3 Å². The van der Waals surface area contributed by atoms with Gasteiger partial charge in [-0.05, 0) is 22.9 Å². The van der Waals surface area contributed by atoms with Crippen LogP contribution in [-0.4, -0.2) is 0 Å². The Bertz CT molecular complexity index is 1430. The molecule has 0 saturated carbocycles. The van der Waals surface area contributed by atoms with Crippen molar-refractivity contribution in [1.29, 1.82) is 0 Å². The number of thiophene rings is 4. The molecule has 8 heteroatoms. The van der Waals surface area contributed by atoms with Crippen LogP contribution in [0.25, 0.3) is 50.1 Å². The van der Waals surface area contributed by atoms with Gasteiger partial charge in [-0.15, -0.1) is 45.3 Å². The number of rotatable bonds is 0. The van der Waals surface area contributed by atoms with Gasteiger partial charge >= 0.3 is 11.3 Å². The lowest BCUT2D eigenvalue weighted by molar-refractivity contribution is 0.572. The average Bonchev–Trinajstić information content (AvgIpc) is 3.29. The number of fused-ring (bicyclic) bond motifs is 9. The molecule has 0 aromatic carbocycles. The van der Waals surface area contributed by atoms with Crippen LogP contribution in [0.3, 0.4) is 0 Å². The highest BCUT2D eigenvalue weighted by atomic mass is 32.1. The van der Waals surface area contributed by atoms with Gasteiger partial charge in [0.2, 0.25) is 0 Å². The van der Waals surface area contributed by atoms with E-state index in [1.807, 2.05) is 10.8 Å². The fourth-order valence-electron chi connectivity index (χ4n) is 2.97. The van der Waals surface area contributed by atoms with Crippen molar-refractivity contribution in [3.8, 4) is 0 Å². The first-order chi connectivity index (χ1) is 11.7. The van der Waals surface area contributed by atoms with Crippen molar-refractivity contribution >= 4 is 95.5 Å². The average molecular weight is 388 g/mol. The van der Waals surface area contributed by atoms with Gasteiger partial charge in [0.15, 0.2) is 11.2 Å². The van der Waals surface area contributed by atoms with Crippen LogP contribution in [0.2, 0.25) is 0 Å². The maximum Gasteiger partial charge on any atom is 0.345 e. The number of hydrogen-bond donors (Lipinski definition) is 0. The molecule has 0 radical (unpaired) electrons. The highest BCUT2D eigenvalue weighted by molar-refractivity contribution is 7.39. The van der Waals surface area contributed by atoms with Crippen molar-refractivity contribution < 1.29 is 8.83 Å². The fraction of sp³-hybridized carbons (Fsp3) is 0. The third-order valence-electron chi connectivity index (χ3n) is 4.01. The van der Waals surface area contributed by atoms with Crippen molar-refractivity contribution in [1.82, 2.24) is 0 Å². The van der Waals surface area contributed by atoms with E-state index in [4.69, 9.17) is 8.83 Å². The van der Waals surface area contributed by atoms with Crippen LogP contribution in [0, 0.1) is 0 Å². The second kappa shape index (κ2) is 4.34. The van der Waals surface area contributed by atoms with Gasteiger partial charge in [0.1, 0.15) is 0 Å². The second-order valence-electron chi connectivity index (χ2n) is 5.28. The molecule has 6 rings (SSSR count). The zero-order valence-electron chi connectivity index (χ0n) is 11.6. The zero-order valence-corrected chi connectivity index (χ0v) is 14.8. The lowest BCUT2D eigenvalue weighted by atomic mass is 10.3. The molecule has 6 aromatic heterocycles. The Kier molecular flexibility index (Phi) is 2.41. The first kappa shape index (κ1) is 13.3. The predicted molar refractivity (Wildman–Crippen MR) is 103 cm³/mol. The van der Waals surface area contributed by atoms with Crippen LogP contribution in [0.1, 0.15) is 0 Å². The van der Waals surface area contributed by atoms with Gasteiger partial charge in [0.05, 0.1) is 39.0 Å². The third kappa shape index (κ3) is 1.47. The van der Waals surface area contributed by atoms with E-state index < -0.39 is 0 Å². The molecule has 0 N–H and O–H groups in total. The molecule has 0 bridgehead atoms. The van der Waals surface area contributed by atoms with Gasteiger partial charge in [-0.1, -0.05) is 0 Å². The van der Waals surface area contributed by atoms with Gasteiger partial charge in [-0.3, -0.25) is 0 Å². The second-order valence-corrected chi connectivity index (χ2v) is 9.16. The van der Waals surface area contributed by atoms with Crippen molar-refractivity contribution in [2.75, 3.05) is 0 Å². The Morgan fingerprint density at radius 2 is 1.04 bits per heavy atom. The minimum Gasteiger partial charge on any atom is -0.420 e. The van der Waals surface area contributed by atoms with Crippen LogP contribution in [0.4, 0.5) is 0 Å². The van der Waals surface area contributed by atoms with E-state index in [1.165, 1.54) is 45.3 Å². The van der Waals surface area contributed by atoms with Crippen LogP contribution < -0.4 is 11.3 Å². The summed E-state index contributed by atoms with van der Waals surface area (Å²) in [4.78, 5) is 24.4. The van der Waals surface area contributed by atoms with E-state index in [-0.39, 0.29) is 11.3 Å². The van der Waals surface area contributed by atoms with E-state index in [1.54, 1.807) is 12.1 Å². The van der Waals surface area contributed by atoms with E-state index >= 15 is 0 Å². The predicted octanol–water partition coefficient (Wildman–Crippen LogP) is 5.61. The summed E-state index contributed by atoms with van der Waals surface area (Å²) >= 11 is 6.10. The molecule has 0 aliphatic rings. The van der Waals surface area contributed by atoms with E-state index in [9.17, 15) is 9.59 Å². The first-order valence-corrected chi connectivity index (χ1v) is 10.3. The summed E-state index contributed by atoms with van der Waals surface area (Å²) in [5.74, 6) is 0. The Morgan fingerprint density at radius 3 is 1.50 bits per heavy atom. The maximum absolute atomic E-state index is 12.2. The maximum atomic E-state index is 12.2. The van der Waals surface area contributed by atoms with Crippen molar-refractivity contribution in [3.05, 3.63) is 43.7 Å². The summed E-state index contributed by atoms with van der Waals surface area (Å²) in [7, 11) is 0. The Labute approximate surface area is 147 Å². The molecule has 0 aliphatic heterocycles. The molecule has 4 nitrogen and oxygen atoms in total. The molecule has 24 heavy (non-hydrogen) atoms. The highest BCUT2D eigenvalue weighted by Crippen LogP contribution is 2.48. The summed E-state index contributed by atoms with van der Waals surface area (Å²) < 4.78 is 16.7. The smallest absolute Gasteiger partial charge is 0.345 e. The molecule has 0 fully saturated rings. The van der Waals surface area contributed by atoms with Gasteiger partial charge < -0.3 is 8.83 Å². The molecule has 0 amide bonds. The molecular weight excluding hydrogens is 384 g/mol. The molecule has 6 heterocycles. The Hall–Kier alpha value is -2.00. The quantitative estimate of drug-likeness (QED) is 0.340. The van der Waals surface area contributed by atoms with Crippen LogP contribution in [0.5, 0.6) is 0 Å². The summed E-state index contributed by atoms with van der Waals surface area (Å²) in [6.07, 6.45) is 0.